The first-order chi connectivity index (χ1) is 12.7. The second kappa shape index (κ2) is 7.07. The Bertz CT molecular complexity index is 833. The van der Waals surface area contributed by atoms with E-state index in [1.807, 2.05) is 12.1 Å². The normalized spacial score (nSPS) is 19.2. The van der Waals surface area contributed by atoms with Crippen LogP contribution >= 0.6 is 0 Å². The molecule has 0 radical (unpaired) electrons. The molecule has 1 fully saturated rings. The van der Waals surface area contributed by atoms with Gasteiger partial charge in [-0.15, -0.1) is 0 Å². The SMILES string of the molecule is FC(F)Oc1ccc([C@H]2C[C@@H](Oc3cnc(-c4ccno4)cn3)C2)cc1. The average Bonchev–Trinajstić information content (AvgIpc) is 3.13. The third-order valence-electron chi connectivity index (χ3n) is 4.28. The van der Waals surface area contributed by atoms with E-state index in [1.54, 1.807) is 36.8 Å². The Morgan fingerprint density at radius 1 is 1.04 bits per heavy atom. The van der Waals surface area contributed by atoms with E-state index in [1.165, 1.54) is 0 Å². The van der Waals surface area contributed by atoms with Crippen molar-refractivity contribution >= 4 is 0 Å². The molecule has 1 saturated carbocycles. The van der Waals surface area contributed by atoms with E-state index < -0.39 is 6.61 Å². The van der Waals surface area contributed by atoms with Gasteiger partial charge in [-0.25, -0.2) is 9.97 Å². The minimum Gasteiger partial charge on any atom is -0.473 e. The number of hydrogen-bond donors (Lipinski definition) is 0. The molecule has 1 aromatic carbocycles. The number of aromatic nitrogens is 3. The predicted molar refractivity (Wildman–Crippen MR) is 87.0 cm³/mol. The lowest BCUT2D eigenvalue weighted by Crippen LogP contribution is -2.32. The smallest absolute Gasteiger partial charge is 0.387 e. The Balaban J connectivity index is 1.29. The summed E-state index contributed by atoms with van der Waals surface area (Å²) in [5, 5.41) is 3.63. The molecule has 26 heavy (non-hydrogen) atoms. The van der Waals surface area contributed by atoms with Gasteiger partial charge < -0.3 is 14.0 Å². The first-order valence-electron chi connectivity index (χ1n) is 8.12. The van der Waals surface area contributed by atoms with E-state index in [9.17, 15) is 8.78 Å². The zero-order valence-electron chi connectivity index (χ0n) is 13.6. The van der Waals surface area contributed by atoms with Crippen molar-refractivity contribution in [2.24, 2.45) is 0 Å². The summed E-state index contributed by atoms with van der Waals surface area (Å²) in [6.45, 7) is -2.81. The molecule has 8 heteroatoms. The van der Waals surface area contributed by atoms with Crippen molar-refractivity contribution in [2.75, 3.05) is 0 Å². The number of benzene rings is 1. The molecule has 0 aliphatic heterocycles. The summed E-state index contributed by atoms with van der Waals surface area (Å²) in [6.07, 6.45) is 6.40. The van der Waals surface area contributed by atoms with E-state index in [0.717, 1.165) is 18.4 Å². The van der Waals surface area contributed by atoms with Crippen LogP contribution in [0.25, 0.3) is 11.5 Å². The molecule has 6 nitrogen and oxygen atoms in total. The van der Waals surface area contributed by atoms with Crippen molar-refractivity contribution in [3.8, 4) is 23.1 Å². The molecule has 0 saturated heterocycles. The fraction of sp³-hybridized carbons (Fsp3) is 0.278. The van der Waals surface area contributed by atoms with Crippen molar-refractivity contribution in [1.29, 1.82) is 0 Å². The highest BCUT2D eigenvalue weighted by Gasteiger charge is 2.32. The van der Waals surface area contributed by atoms with E-state index in [2.05, 4.69) is 19.9 Å². The van der Waals surface area contributed by atoms with Crippen LogP contribution in [0.2, 0.25) is 0 Å². The predicted octanol–water partition coefficient (Wildman–Crippen LogP) is 4.06. The van der Waals surface area contributed by atoms with Crippen LogP contribution in [0.5, 0.6) is 11.6 Å². The summed E-state index contributed by atoms with van der Waals surface area (Å²) in [7, 11) is 0. The highest BCUT2D eigenvalue weighted by molar-refractivity contribution is 5.49. The highest BCUT2D eigenvalue weighted by atomic mass is 19.3. The summed E-state index contributed by atoms with van der Waals surface area (Å²) in [5.41, 5.74) is 1.67. The number of alkyl halides is 2. The van der Waals surface area contributed by atoms with Gasteiger partial charge in [-0.2, -0.15) is 8.78 Å². The quantitative estimate of drug-likeness (QED) is 0.661. The molecule has 0 amide bonds. The first-order valence-corrected chi connectivity index (χ1v) is 8.12. The van der Waals surface area contributed by atoms with Gasteiger partial charge in [0.15, 0.2) is 5.76 Å². The second-order valence-electron chi connectivity index (χ2n) is 5.97. The highest BCUT2D eigenvalue weighted by Crippen LogP contribution is 2.39. The van der Waals surface area contributed by atoms with Crippen molar-refractivity contribution in [3.05, 3.63) is 54.5 Å². The van der Waals surface area contributed by atoms with E-state index in [0.29, 0.717) is 23.3 Å². The van der Waals surface area contributed by atoms with Gasteiger partial charge >= 0.3 is 6.61 Å². The van der Waals surface area contributed by atoms with Gasteiger partial charge in [0.2, 0.25) is 5.88 Å². The van der Waals surface area contributed by atoms with Gasteiger partial charge in [0, 0.05) is 6.07 Å². The van der Waals surface area contributed by atoms with Crippen LogP contribution in [0.1, 0.15) is 24.3 Å². The summed E-state index contributed by atoms with van der Waals surface area (Å²) in [5.74, 6) is 1.50. The molecule has 0 spiro atoms. The topological polar surface area (TPSA) is 70.3 Å². The van der Waals surface area contributed by atoms with Crippen molar-refractivity contribution < 1.29 is 22.8 Å². The van der Waals surface area contributed by atoms with Gasteiger partial charge in [-0.3, -0.25) is 0 Å². The average molecular weight is 359 g/mol. The largest absolute Gasteiger partial charge is 0.473 e. The van der Waals surface area contributed by atoms with Gasteiger partial charge in [0.05, 0.1) is 18.6 Å². The fourth-order valence-electron chi connectivity index (χ4n) is 2.88. The van der Waals surface area contributed by atoms with Crippen LogP contribution in [0.4, 0.5) is 8.78 Å². The Hall–Kier alpha value is -3.03. The minimum absolute atomic E-state index is 0.0578. The third kappa shape index (κ3) is 3.63. The Morgan fingerprint density at radius 3 is 2.46 bits per heavy atom. The van der Waals surface area contributed by atoms with Crippen molar-refractivity contribution in [2.45, 2.75) is 31.5 Å². The molecule has 4 rings (SSSR count). The molecule has 0 unspecified atom stereocenters. The monoisotopic (exact) mass is 359 g/mol. The van der Waals surface area contributed by atoms with E-state index >= 15 is 0 Å². The van der Waals surface area contributed by atoms with Crippen molar-refractivity contribution in [3.63, 3.8) is 0 Å². The zero-order valence-corrected chi connectivity index (χ0v) is 13.6. The fourth-order valence-corrected chi connectivity index (χ4v) is 2.88. The number of hydrogen-bond acceptors (Lipinski definition) is 6. The van der Waals surface area contributed by atoms with Gasteiger partial charge in [-0.05, 0) is 36.5 Å². The molecule has 1 aliphatic carbocycles. The molecule has 2 aromatic heterocycles. The maximum atomic E-state index is 12.2. The van der Waals surface area contributed by atoms with E-state index in [-0.39, 0.29) is 11.9 Å². The Labute approximate surface area is 147 Å². The number of ether oxygens (including phenoxy) is 2. The van der Waals surface area contributed by atoms with Crippen LogP contribution < -0.4 is 9.47 Å². The lowest BCUT2D eigenvalue weighted by atomic mass is 9.77. The molecule has 0 N–H and O–H groups in total. The second-order valence-corrected chi connectivity index (χ2v) is 5.97. The Kier molecular flexibility index (Phi) is 4.47. The lowest BCUT2D eigenvalue weighted by molar-refractivity contribution is -0.0498. The summed E-state index contributed by atoms with van der Waals surface area (Å²) >= 11 is 0. The lowest BCUT2D eigenvalue weighted by Gasteiger charge is -2.35. The van der Waals surface area contributed by atoms with Crippen LogP contribution in [0.3, 0.4) is 0 Å². The summed E-state index contributed by atoms with van der Waals surface area (Å²) in [6, 6.07) is 8.45. The van der Waals surface area contributed by atoms with Gasteiger partial charge in [0.25, 0.3) is 0 Å². The third-order valence-corrected chi connectivity index (χ3v) is 4.28. The van der Waals surface area contributed by atoms with Crippen LogP contribution in [-0.2, 0) is 0 Å². The molecule has 1 aliphatic rings. The first kappa shape index (κ1) is 16.4. The molecule has 134 valence electrons. The van der Waals surface area contributed by atoms with E-state index in [4.69, 9.17) is 9.26 Å². The maximum Gasteiger partial charge on any atom is 0.387 e. The standard InChI is InChI=1S/C18H15F2N3O3/c19-18(20)25-13-3-1-11(2-4-13)12-7-14(8-12)24-17-10-21-15(9-22-17)16-5-6-23-26-16/h1-6,9-10,12,14,18H,7-8H2/t12-,14+. The maximum absolute atomic E-state index is 12.2. The molecule has 2 heterocycles. The van der Waals surface area contributed by atoms with Crippen LogP contribution in [0, 0.1) is 0 Å². The van der Waals surface area contributed by atoms with Crippen molar-refractivity contribution in [1.82, 2.24) is 15.1 Å². The van der Waals surface area contributed by atoms with Crippen LogP contribution in [-0.4, -0.2) is 27.8 Å². The molecular weight excluding hydrogens is 344 g/mol. The van der Waals surface area contributed by atoms with Crippen LogP contribution in [0.15, 0.2) is 53.4 Å². The Morgan fingerprint density at radius 2 is 1.85 bits per heavy atom. The van der Waals surface area contributed by atoms with Gasteiger partial charge in [0.1, 0.15) is 17.5 Å². The summed E-state index contributed by atoms with van der Waals surface area (Å²) in [4.78, 5) is 8.48. The minimum atomic E-state index is -2.81. The number of nitrogens with zero attached hydrogens (tertiary/aromatic N) is 3. The number of rotatable bonds is 6. The zero-order chi connectivity index (χ0) is 17.9. The molecular formula is C18H15F2N3O3. The number of halogens is 2. The molecule has 3 aromatic rings. The van der Waals surface area contributed by atoms with Gasteiger partial charge in [-0.1, -0.05) is 17.3 Å². The summed E-state index contributed by atoms with van der Waals surface area (Å²) < 4.78 is 39.5. The molecule has 0 bridgehead atoms. The molecule has 0 atom stereocenters.